The first-order valence-corrected chi connectivity index (χ1v) is 7.80. The van der Waals surface area contributed by atoms with Crippen LogP contribution in [0.15, 0.2) is 57.8 Å². The van der Waals surface area contributed by atoms with E-state index in [1.165, 1.54) is 25.3 Å². The average Bonchev–Trinajstić information content (AvgIpc) is 2.46. The number of carbonyl (C=O) groups is 1. The summed E-state index contributed by atoms with van der Waals surface area (Å²) in [5, 5.41) is 0. The Morgan fingerprint density at radius 1 is 1.10 bits per heavy atom. The van der Waals surface area contributed by atoms with Gasteiger partial charge >= 0.3 is 0 Å². The number of sulfonamides is 1. The van der Waals surface area contributed by atoms with Crippen LogP contribution in [-0.4, -0.2) is 20.4 Å². The lowest BCUT2D eigenvalue weighted by molar-refractivity contribution is 0.101. The zero-order valence-electron chi connectivity index (χ0n) is 11.8. The fourth-order valence-electron chi connectivity index (χ4n) is 1.74. The number of carbonyl (C=O) groups excluding carboxylic acids is 1. The Labute approximate surface area is 124 Å². The molecule has 0 aliphatic rings. The normalized spacial score (nSPS) is 11.7. The smallest absolute Gasteiger partial charge is 0.282 e. The molecule has 0 aliphatic heterocycles. The van der Waals surface area contributed by atoms with E-state index in [4.69, 9.17) is 0 Å². The monoisotopic (exact) mass is 301 g/mol. The van der Waals surface area contributed by atoms with Gasteiger partial charge in [-0.1, -0.05) is 35.9 Å². The van der Waals surface area contributed by atoms with Gasteiger partial charge in [-0.25, -0.2) is 0 Å². The summed E-state index contributed by atoms with van der Waals surface area (Å²) in [5.74, 6) is -0.0772. The van der Waals surface area contributed by atoms with Crippen molar-refractivity contribution in [3.05, 3.63) is 65.2 Å². The van der Waals surface area contributed by atoms with Crippen molar-refractivity contribution in [2.75, 3.05) is 0 Å². The van der Waals surface area contributed by atoms with Crippen molar-refractivity contribution >= 4 is 22.0 Å². The van der Waals surface area contributed by atoms with Crippen molar-refractivity contribution in [3.63, 3.8) is 0 Å². The first-order valence-electron chi connectivity index (χ1n) is 6.36. The lowest BCUT2D eigenvalue weighted by Crippen LogP contribution is -1.98. The minimum absolute atomic E-state index is 0.0772. The molecular weight excluding hydrogens is 286 g/mol. The number of nitrogens with zero attached hydrogens (tertiary/aromatic N) is 1. The number of Topliss-reactive ketones (excluding diaryl/α,β-unsaturated/α-hetero) is 1. The molecule has 0 saturated carbocycles. The second-order valence-electron chi connectivity index (χ2n) is 4.70. The molecule has 0 amide bonds. The fourth-order valence-corrected chi connectivity index (χ4v) is 2.60. The van der Waals surface area contributed by atoms with E-state index in [2.05, 4.69) is 4.40 Å². The molecule has 0 aliphatic carbocycles. The molecule has 21 heavy (non-hydrogen) atoms. The number of ketones is 1. The van der Waals surface area contributed by atoms with Crippen molar-refractivity contribution in [2.45, 2.75) is 18.7 Å². The Morgan fingerprint density at radius 2 is 1.76 bits per heavy atom. The highest BCUT2D eigenvalue weighted by molar-refractivity contribution is 7.90. The van der Waals surface area contributed by atoms with Crippen LogP contribution >= 0.6 is 0 Å². The molecule has 0 aromatic heterocycles. The van der Waals surface area contributed by atoms with Crippen LogP contribution in [0.1, 0.15) is 28.4 Å². The van der Waals surface area contributed by atoms with Gasteiger partial charge in [-0.3, -0.25) is 4.79 Å². The van der Waals surface area contributed by atoms with Gasteiger partial charge in [0, 0.05) is 11.8 Å². The maximum atomic E-state index is 12.1. The number of benzene rings is 2. The number of aryl methyl sites for hydroxylation is 1. The van der Waals surface area contributed by atoms with E-state index < -0.39 is 10.0 Å². The Hall–Kier alpha value is -2.27. The second kappa shape index (κ2) is 6.01. The van der Waals surface area contributed by atoms with E-state index in [0.29, 0.717) is 11.1 Å². The van der Waals surface area contributed by atoms with E-state index in [0.717, 1.165) is 5.56 Å². The van der Waals surface area contributed by atoms with Gasteiger partial charge in [0.1, 0.15) is 0 Å². The standard InChI is InChI=1S/C16H15NO3S/c1-12-6-8-16(9-7-12)21(19,20)17-11-14-4-3-5-15(10-14)13(2)18/h3-11H,1-2H3/b17-11+. The molecule has 0 heterocycles. The van der Waals surface area contributed by atoms with Crippen LogP contribution < -0.4 is 0 Å². The molecule has 4 nitrogen and oxygen atoms in total. The molecule has 0 unspecified atom stereocenters. The maximum absolute atomic E-state index is 12.1. The highest BCUT2D eigenvalue weighted by atomic mass is 32.2. The molecule has 0 fully saturated rings. The first kappa shape index (κ1) is 15.1. The maximum Gasteiger partial charge on any atom is 0.282 e. The summed E-state index contributed by atoms with van der Waals surface area (Å²) in [6.07, 6.45) is 1.25. The minimum Gasteiger partial charge on any atom is -0.295 e. The fraction of sp³-hybridized carbons (Fsp3) is 0.125. The Balaban J connectivity index is 2.29. The number of hydrogen-bond donors (Lipinski definition) is 0. The van der Waals surface area contributed by atoms with E-state index in [-0.39, 0.29) is 10.7 Å². The van der Waals surface area contributed by atoms with Gasteiger partial charge in [-0.05, 0) is 37.6 Å². The molecule has 0 bridgehead atoms. The van der Waals surface area contributed by atoms with Crippen LogP contribution in [0.5, 0.6) is 0 Å². The van der Waals surface area contributed by atoms with Crippen molar-refractivity contribution in [2.24, 2.45) is 4.40 Å². The van der Waals surface area contributed by atoms with Gasteiger partial charge < -0.3 is 0 Å². The largest absolute Gasteiger partial charge is 0.295 e. The highest BCUT2D eigenvalue weighted by Crippen LogP contribution is 2.13. The van der Waals surface area contributed by atoms with Gasteiger partial charge in [0.25, 0.3) is 10.0 Å². The van der Waals surface area contributed by atoms with Crippen LogP contribution in [0.2, 0.25) is 0 Å². The molecule has 0 N–H and O–H groups in total. The SMILES string of the molecule is CC(=O)c1cccc(/C=N/S(=O)(=O)c2ccc(C)cc2)c1. The van der Waals surface area contributed by atoms with Gasteiger partial charge in [0.15, 0.2) is 5.78 Å². The van der Waals surface area contributed by atoms with E-state index in [9.17, 15) is 13.2 Å². The molecular formula is C16H15NO3S. The van der Waals surface area contributed by atoms with E-state index in [1.54, 1.807) is 36.4 Å². The lowest BCUT2D eigenvalue weighted by atomic mass is 10.1. The van der Waals surface area contributed by atoms with Crippen LogP contribution in [0.25, 0.3) is 0 Å². The molecule has 0 radical (unpaired) electrons. The van der Waals surface area contributed by atoms with Crippen LogP contribution in [-0.2, 0) is 10.0 Å². The molecule has 0 spiro atoms. The van der Waals surface area contributed by atoms with Crippen molar-refractivity contribution in [1.29, 1.82) is 0 Å². The quantitative estimate of drug-likeness (QED) is 0.644. The summed E-state index contributed by atoms with van der Waals surface area (Å²) in [5.41, 5.74) is 2.07. The number of rotatable bonds is 4. The first-order chi connectivity index (χ1) is 9.88. The molecule has 5 heteroatoms. The molecule has 0 atom stereocenters. The second-order valence-corrected chi connectivity index (χ2v) is 6.34. The highest BCUT2D eigenvalue weighted by Gasteiger charge is 2.11. The molecule has 2 rings (SSSR count). The van der Waals surface area contributed by atoms with Gasteiger partial charge in [0.2, 0.25) is 0 Å². The zero-order chi connectivity index (χ0) is 15.5. The van der Waals surface area contributed by atoms with Gasteiger partial charge in [-0.15, -0.1) is 0 Å². The van der Waals surface area contributed by atoms with Gasteiger partial charge in [0.05, 0.1) is 4.90 Å². The van der Waals surface area contributed by atoms with Crippen LogP contribution in [0, 0.1) is 6.92 Å². The summed E-state index contributed by atoms with van der Waals surface area (Å²) in [4.78, 5) is 11.4. The topological polar surface area (TPSA) is 63.6 Å². The average molecular weight is 301 g/mol. The molecule has 2 aromatic carbocycles. The van der Waals surface area contributed by atoms with Gasteiger partial charge in [-0.2, -0.15) is 12.8 Å². The predicted molar refractivity (Wildman–Crippen MR) is 82.4 cm³/mol. The third-order valence-electron chi connectivity index (χ3n) is 2.95. The summed E-state index contributed by atoms with van der Waals surface area (Å²) >= 11 is 0. The van der Waals surface area contributed by atoms with Crippen molar-refractivity contribution < 1.29 is 13.2 Å². The minimum atomic E-state index is -3.72. The van der Waals surface area contributed by atoms with E-state index in [1.807, 2.05) is 6.92 Å². The predicted octanol–water partition coefficient (Wildman–Crippen LogP) is 3.01. The number of hydrogen-bond acceptors (Lipinski definition) is 3. The third kappa shape index (κ3) is 3.86. The van der Waals surface area contributed by atoms with Crippen LogP contribution in [0.3, 0.4) is 0 Å². The van der Waals surface area contributed by atoms with E-state index >= 15 is 0 Å². The zero-order valence-corrected chi connectivity index (χ0v) is 12.6. The molecule has 2 aromatic rings. The molecule has 108 valence electrons. The third-order valence-corrected chi connectivity index (χ3v) is 4.20. The van der Waals surface area contributed by atoms with Crippen molar-refractivity contribution in [1.82, 2.24) is 0 Å². The summed E-state index contributed by atoms with van der Waals surface area (Å²) in [6.45, 7) is 3.34. The van der Waals surface area contributed by atoms with Crippen LogP contribution in [0.4, 0.5) is 0 Å². The summed E-state index contributed by atoms with van der Waals surface area (Å²) < 4.78 is 27.8. The lowest BCUT2D eigenvalue weighted by Gasteiger charge is -2.00. The van der Waals surface area contributed by atoms with Crippen molar-refractivity contribution in [3.8, 4) is 0 Å². The Morgan fingerprint density at radius 3 is 2.38 bits per heavy atom. The summed E-state index contributed by atoms with van der Waals surface area (Å²) in [7, 11) is -3.72. The Bertz CT molecular complexity index is 791. The summed E-state index contributed by atoms with van der Waals surface area (Å²) in [6, 6.07) is 13.2. The Kier molecular flexibility index (Phi) is 4.33. The molecule has 0 saturated heterocycles.